The van der Waals surface area contributed by atoms with Crippen LogP contribution in [0, 0.1) is 0 Å². The zero-order valence-electron chi connectivity index (χ0n) is 15.2. The fraction of sp³-hybridized carbons (Fsp3) is 0.700. The second kappa shape index (κ2) is 12.6. The summed E-state index contributed by atoms with van der Waals surface area (Å²) in [6, 6.07) is 6.29. The van der Waals surface area contributed by atoms with Gasteiger partial charge in [-0.3, -0.25) is 0 Å². The number of hydrogen-bond donors (Lipinski definition) is 2. The molecule has 0 amide bonds. The lowest BCUT2D eigenvalue weighted by Crippen LogP contribution is -2.33. The van der Waals surface area contributed by atoms with E-state index in [0.717, 1.165) is 24.8 Å². The minimum Gasteiger partial charge on any atom is -0.423 e. The third-order valence-electron chi connectivity index (χ3n) is 4.61. The fourth-order valence-corrected chi connectivity index (χ4v) is 3.12. The van der Waals surface area contributed by atoms with Crippen molar-refractivity contribution in [2.24, 2.45) is 0 Å². The summed E-state index contributed by atoms with van der Waals surface area (Å²) in [4.78, 5) is 0. The van der Waals surface area contributed by atoms with E-state index in [2.05, 4.69) is 26.0 Å². The molecule has 0 aliphatic heterocycles. The Labute approximate surface area is 143 Å². The first-order valence-corrected chi connectivity index (χ1v) is 9.66. The standard InChI is InChI=1S/C20H35BO2/c1-3-5-7-9-11-13-18-15-16-19(20(17-18)21(22)23)14-12-10-8-6-4-2/h15-17,22-23H,3-14H2,1-2H3. The molecule has 0 saturated carbocycles. The molecule has 3 heteroatoms. The molecule has 2 N–H and O–H groups in total. The minimum absolute atomic E-state index is 0.714. The molecular weight excluding hydrogens is 283 g/mol. The normalized spacial score (nSPS) is 11.0. The monoisotopic (exact) mass is 318 g/mol. The highest BCUT2D eigenvalue weighted by Gasteiger charge is 2.16. The maximum atomic E-state index is 9.67. The lowest BCUT2D eigenvalue weighted by Gasteiger charge is -2.12. The Morgan fingerprint density at radius 2 is 1.30 bits per heavy atom. The van der Waals surface area contributed by atoms with Crippen molar-refractivity contribution in [2.75, 3.05) is 0 Å². The predicted molar refractivity (Wildman–Crippen MR) is 101 cm³/mol. The van der Waals surface area contributed by atoms with Crippen LogP contribution in [0.4, 0.5) is 0 Å². The van der Waals surface area contributed by atoms with Crippen LogP contribution in [0.15, 0.2) is 18.2 Å². The first-order chi connectivity index (χ1) is 11.2. The van der Waals surface area contributed by atoms with Gasteiger partial charge < -0.3 is 10.0 Å². The van der Waals surface area contributed by atoms with Gasteiger partial charge in [0.1, 0.15) is 0 Å². The van der Waals surface area contributed by atoms with Crippen molar-refractivity contribution < 1.29 is 10.0 Å². The van der Waals surface area contributed by atoms with Crippen molar-refractivity contribution >= 4 is 12.6 Å². The van der Waals surface area contributed by atoms with Gasteiger partial charge in [-0.15, -0.1) is 0 Å². The largest absolute Gasteiger partial charge is 0.488 e. The van der Waals surface area contributed by atoms with Crippen molar-refractivity contribution in [3.63, 3.8) is 0 Å². The van der Waals surface area contributed by atoms with Gasteiger partial charge in [-0.05, 0) is 42.3 Å². The van der Waals surface area contributed by atoms with Crippen LogP contribution < -0.4 is 5.46 Å². The molecule has 0 saturated heterocycles. The third kappa shape index (κ3) is 8.57. The lowest BCUT2D eigenvalue weighted by molar-refractivity contribution is 0.425. The Bertz CT molecular complexity index is 418. The van der Waals surface area contributed by atoms with Crippen LogP contribution in [0.5, 0.6) is 0 Å². The van der Waals surface area contributed by atoms with E-state index >= 15 is 0 Å². The molecule has 1 aromatic carbocycles. The number of rotatable bonds is 13. The number of hydrogen-bond acceptors (Lipinski definition) is 2. The first kappa shape index (κ1) is 20.2. The van der Waals surface area contributed by atoms with E-state index in [0.29, 0.717) is 5.46 Å². The quantitative estimate of drug-likeness (QED) is 0.418. The maximum absolute atomic E-state index is 9.67. The van der Waals surface area contributed by atoms with Gasteiger partial charge in [0.2, 0.25) is 0 Å². The van der Waals surface area contributed by atoms with Gasteiger partial charge in [-0.25, -0.2) is 0 Å². The maximum Gasteiger partial charge on any atom is 0.488 e. The van der Waals surface area contributed by atoms with Gasteiger partial charge in [0.15, 0.2) is 0 Å². The van der Waals surface area contributed by atoms with Gasteiger partial charge in [-0.1, -0.05) is 83.4 Å². The van der Waals surface area contributed by atoms with E-state index in [-0.39, 0.29) is 0 Å². The summed E-state index contributed by atoms with van der Waals surface area (Å²) < 4.78 is 0. The van der Waals surface area contributed by atoms with Crippen molar-refractivity contribution in [1.29, 1.82) is 0 Å². The molecule has 0 unspecified atom stereocenters. The average Bonchev–Trinajstić information content (AvgIpc) is 2.55. The molecule has 0 bridgehead atoms. The highest BCUT2D eigenvalue weighted by atomic mass is 16.4. The van der Waals surface area contributed by atoms with Crippen molar-refractivity contribution in [1.82, 2.24) is 0 Å². The molecule has 0 spiro atoms. The molecule has 0 aliphatic carbocycles. The Balaban J connectivity index is 2.49. The van der Waals surface area contributed by atoms with E-state index < -0.39 is 7.12 Å². The Kier molecular flexibility index (Phi) is 11.1. The average molecular weight is 318 g/mol. The van der Waals surface area contributed by atoms with Crippen LogP contribution in [0.25, 0.3) is 0 Å². The van der Waals surface area contributed by atoms with Crippen LogP contribution in [-0.2, 0) is 12.8 Å². The molecule has 2 nitrogen and oxygen atoms in total. The second-order valence-corrected chi connectivity index (χ2v) is 6.74. The first-order valence-electron chi connectivity index (χ1n) is 9.66. The molecule has 1 rings (SSSR count). The van der Waals surface area contributed by atoms with Crippen LogP contribution in [-0.4, -0.2) is 17.2 Å². The summed E-state index contributed by atoms with van der Waals surface area (Å²) in [7, 11) is -1.35. The summed E-state index contributed by atoms with van der Waals surface area (Å²) in [6.07, 6.45) is 14.6. The summed E-state index contributed by atoms with van der Waals surface area (Å²) in [5, 5.41) is 19.3. The molecule has 0 atom stereocenters. The summed E-state index contributed by atoms with van der Waals surface area (Å²) in [5.41, 5.74) is 3.05. The Hall–Kier alpha value is -0.795. The van der Waals surface area contributed by atoms with Crippen molar-refractivity contribution in [2.45, 2.75) is 90.9 Å². The Morgan fingerprint density at radius 3 is 1.87 bits per heavy atom. The van der Waals surface area contributed by atoms with Crippen LogP contribution >= 0.6 is 0 Å². The van der Waals surface area contributed by atoms with Gasteiger partial charge in [0, 0.05) is 0 Å². The highest BCUT2D eigenvalue weighted by Crippen LogP contribution is 2.12. The highest BCUT2D eigenvalue weighted by molar-refractivity contribution is 6.59. The lowest BCUT2D eigenvalue weighted by atomic mass is 9.75. The second-order valence-electron chi connectivity index (χ2n) is 6.74. The van der Waals surface area contributed by atoms with Crippen LogP contribution in [0.3, 0.4) is 0 Å². The summed E-state index contributed by atoms with van der Waals surface area (Å²) >= 11 is 0. The van der Waals surface area contributed by atoms with Gasteiger partial charge in [0.25, 0.3) is 0 Å². The molecule has 0 fully saturated rings. The van der Waals surface area contributed by atoms with E-state index in [1.54, 1.807) is 0 Å². The SMILES string of the molecule is CCCCCCCc1ccc(CCCCCCC)c(B(O)O)c1. The molecule has 0 aliphatic rings. The van der Waals surface area contributed by atoms with Crippen molar-refractivity contribution in [3.8, 4) is 0 Å². The van der Waals surface area contributed by atoms with Crippen LogP contribution in [0.1, 0.15) is 89.2 Å². The predicted octanol–water partition coefficient (Wildman–Crippen LogP) is 4.39. The molecule has 1 aromatic rings. The zero-order chi connectivity index (χ0) is 16.9. The molecule has 0 aromatic heterocycles. The number of benzene rings is 1. The van der Waals surface area contributed by atoms with Gasteiger partial charge >= 0.3 is 7.12 Å². The molecule has 23 heavy (non-hydrogen) atoms. The minimum atomic E-state index is -1.35. The van der Waals surface area contributed by atoms with Gasteiger partial charge in [0.05, 0.1) is 0 Å². The zero-order valence-corrected chi connectivity index (χ0v) is 15.2. The molecular formula is C20H35BO2. The fourth-order valence-electron chi connectivity index (χ4n) is 3.12. The molecule has 0 heterocycles. The van der Waals surface area contributed by atoms with Gasteiger partial charge in [-0.2, -0.15) is 0 Å². The van der Waals surface area contributed by atoms with Crippen molar-refractivity contribution in [3.05, 3.63) is 29.3 Å². The van der Waals surface area contributed by atoms with Crippen LogP contribution in [0.2, 0.25) is 0 Å². The molecule has 130 valence electrons. The molecule has 0 radical (unpaired) electrons. The summed E-state index contributed by atoms with van der Waals surface area (Å²) in [6.45, 7) is 4.46. The third-order valence-corrected chi connectivity index (χ3v) is 4.61. The number of unbranched alkanes of at least 4 members (excludes halogenated alkanes) is 8. The topological polar surface area (TPSA) is 40.5 Å². The van der Waals surface area contributed by atoms with E-state index in [1.165, 1.54) is 63.4 Å². The number of aryl methyl sites for hydroxylation is 2. The van der Waals surface area contributed by atoms with E-state index in [4.69, 9.17) is 0 Å². The smallest absolute Gasteiger partial charge is 0.423 e. The van der Waals surface area contributed by atoms with E-state index in [9.17, 15) is 10.0 Å². The Morgan fingerprint density at radius 1 is 0.739 bits per heavy atom. The van der Waals surface area contributed by atoms with E-state index in [1.807, 2.05) is 6.07 Å². The summed E-state index contributed by atoms with van der Waals surface area (Å²) in [5.74, 6) is 0.